The summed E-state index contributed by atoms with van der Waals surface area (Å²) in [6, 6.07) is 19.0. The number of amides is 1. The number of fused-ring (bicyclic) bond motifs is 1. The van der Waals surface area contributed by atoms with E-state index in [0.717, 1.165) is 36.7 Å². The maximum Gasteiger partial charge on any atom is 0.227 e. The predicted octanol–water partition coefficient (Wildman–Crippen LogP) is 2.70. The Bertz CT molecular complexity index is 1040. The van der Waals surface area contributed by atoms with Gasteiger partial charge < -0.3 is 4.90 Å². The Hall–Kier alpha value is -2.77. The molecule has 3 heterocycles. The minimum absolute atomic E-state index is 0. The van der Waals surface area contributed by atoms with Gasteiger partial charge in [-0.1, -0.05) is 42.5 Å². The van der Waals surface area contributed by atoms with E-state index >= 15 is 0 Å². The number of halogens is 1. The highest BCUT2D eigenvalue weighted by molar-refractivity contribution is 5.85. The second-order valence-corrected chi connectivity index (χ2v) is 8.50. The summed E-state index contributed by atoms with van der Waals surface area (Å²) in [6.07, 6.45) is 0.431. The van der Waals surface area contributed by atoms with Gasteiger partial charge in [-0.05, 0) is 53.6 Å². The molecule has 8 heteroatoms. The molecule has 2 aromatic carbocycles. The van der Waals surface area contributed by atoms with Gasteiger partial charge in [-0.2, -0.15) is 4.68 Å². The molecule has 162 valence electrons. The molecule has 1 amide bonds. The van der Waals surface area contributed by atoms with Crippen LogP contribution in [-0.2, 0) is 11.2 Å². The number of carbonyl (C=O) groups is 1. The van der Waals surface area contributed by atoms with E-state index in [0.29, 0.717) is 24.3 Å². The van der Waals surface area contributed by atoms with E-state index in [1.54, 1.807) is 4.68 Å². The van der Waals surface area contributed by atoms with Crippen molar-refractivity contribution in [2.75, 3.05) is 26.7 Å². The fourth-order valence-electron chi connectivity index (χ4n) is 5.12. The van der Waals surface area contributed by atoms with Gasteiger partial charge in [0.25, 0.3) is 0 Å². The van der Waals surface area contributed by atoms with Crippen LogP contribution < -0.4 is 0 Å². The molecular weight excluding hydrogens is 412 g/mol. The van der Waals surface area contributed by atoms with Crippen molar-refractivity contribution in [3.8, 4) is 5.69 Å². The Morgan fingerprint density at radius 1 is 1.03 bits per heavy atom. The third-order valence-electron chi connectivity index (χ3n) is 6.55. The number of rotatable bonds is 4. The van der Waals surface area contributed by atoms with E-state index in [-0.39, 0.29) is 18.3 Å². The van der Waals surface area contributed by atoms with Crippen molar-refractivity contribution in [2.45, 2.75) is 19.4 Å². The minimum atomic E-state index is 0. The summed E-state index contributed by atoms with van der Waals surface area (Å²) in [5.41, 5.74) is 3.27. The molecule has 0 unspecified atom stereocenters. The quantitative estimate of drug-likeness (QED) is 0.626. The summed E-state index contributed by atoms with van der Waals surface area (Å²) >= 11 is 0. The third-order valence-corrected chi connectivity index (χ3v) is 6.55. The van der Waals surface area contributed by atoms with E-state index in [4.69, 9.17) is 0 Å². The summed E-state index contributed by atoms with van der Waals surface area (Å²) in [5, 5.41) is 11.6. The number of nitrogens with zero attached hydrogens (tertiary/aromatic N) is 6. The molecule has 2 fully saturated rings. The third kappa shape index (κ3) is 4.07. The van der Waals surface area contributed by atoms with Gasteiger partial charge in [-0.3, -0.25) is 9.69 Å². The van der Waals surface area contributed by atoms with Crippen molar-refractivity contribution >= 4 is 18.3 Å². The summed E-state index contributed by atoms with van der Waals surface area (Å²) in [7, 11) is 2.20. The summed E-state index contributed by atoms with van der Waals surface area (Å²) in [4.78, 5) is 17.5. The Labute approximate surface area is 188 Å². The Morgan fingerprint density at radius 2 is 1.77 bits per heavy atom. The lowest BCUT2D eigenvalue weighted by molar-refractivity contribution is -0.129. The zero-order valence-electron chi connectivity index (χ0n) is 17.8. The fourth-order valence-corrected chi connectivity index (χ4v) is 5.12. The average molecular weight is 439 g/mol. The first kappa shape index (κ1) is 21.5. The number of aromatic nitrogens is 4. The Kier molecular flexibility index (Phi) is 6.07. The number of tetrazole rings is 1. The number of likely N-dealkylation sites (tertiary alicyclic amines) is 2. The fraction of sp³-hybridized carbons (Fsp3) is 0.391. The molecule has 0 aliphatic carbocycles. The van der Waals surface area contributed by atoms with Gasteiger partial charge >= 0.3 is 0 Å². The molecular formula is C23H27ClN6O. The van der Waals surface area contributed by atoms with Crippen molar-refractivity contribution in [2.24, 2.45) is 11.8 Å². The second-order valence-electron chi connectivity index (χ2n) is 8.50. The molecule has 31 heavy (non-hydrogen) atoms. The smallest absolute Gasteiger partial charge is 0.227 e. The number of carbonyl (C=O) groups excluding carboxylic acids is 1. The van der Waals surface area contributed by atoms with E-state index in [1.807, 2.05) is 31.2 Å². The average Bonchev–Trinajstić information content (AvgIpc) is 3.43. The van der Waals surface area contributed by atoms with Crippen LogP contribution >= 0.6 is 12.4 Å². The Morgan fingerprint density at radius 3 is 2.45 bits per heavy atom. The maximum absolute atomic E-state index is 13.0. The van der Waals surface area contributed by atoms with Crippen molar-refractivity contribution in [3.05, 3.63) is 71.5 Å². The van der Waals surface area contributed by atoms with Gasteiger partial charge in [0.05, 0.1) is 12.1 Å². The highest BCUT2D eigenvalue weighted by Gasteiger charge is 2.47. The van der Waals surface area contributed by atoms with Crippen LogP contribution in [0.25, 0.3) is 5.69 Å². The first-order valence-corrected chi connectivity index (χ1v) is 10.5. The van der Waals surface area contributed by atoms with Gasteiger partial charge in [0.15, 0.2) is 5.82 Å². The largest absolute Gasteiger partial charge is 0.342 e. The monoisotopic (exact) mass is 438 g/mol. The van der Waals surface area contributed by atoms with Crippen LogP contribution in [0.5, 0.6) is 0 Å². The van der Waals surface area contributed by atoms with E-state index in [9.17, 15) is 4.79 Å². The standard InChI is InChI=1S/C23H26N6O.ClH/c1-16-24-25-26-29(16)20-10-8-17(9-11-20)12-22(30)28-14-19-13-27(2)23(21(19)15-28)18-6-4-3-5-7-18;/h3-11,19,21,23H,12-15H2,1-2H3;1H/t19-,21+,23-;/m0./s1. The molecule has 5 rings (SSSR count). The van der Waals surface area contributed by atoms with Gasteiger partial charge in [0, 0.05) is 31.6 Å². The highest BCUT2D eigenvalue weighted by Crippen LogP contribution is 2.44. The number of hydrogen-bond acceptors (Lipinski definition) is 5. The van der Waals surface area contributed by atoms with E-state index < -0.39 is 0 Å². The molecule has 2 saturated heterocycles. The van der Waals surface area contributed by atoms with E-state index in [2.05, 4.69) is 62.7 Å². The summed E-state index contributed by atoms with van der Waals surface area (Å²) in [5.74, 6) is 2.01. The van der Waals surface area contributed by atoms with Crippen LogP contribution in [0.1, 0.15) is 23.0 Å². The molecule has 0 spiro atoms. The lowest BCUT2D eigenvalue weighted by Crippen LogP contribution is -2.34. The van der Waals surface area contributed by atoms with Crippen molar-refractivity contribution < 1.29 is 4.79 Å². The van der Waals surface area contributed by atoms with Crippen LogP contribution in [0.2, 0.25) is 0 Å². The van der Waals surface area contributed by atoms with Crippen molar-refractivity contribution in [3.63, 3.8) is 0 Å². The molecule has 0 radical (unpaired) electrons. The van der Waals surface area contributed by atoms with Crippen LogP contribution in [-0.4, -0.2) is 62.6 Å². The molecule has 2 aliphatic heterocycles. The zero-order chi connectivity index (χ0) is 20.7. The Balaban J connectivity index is 0.00000231. The molecule has 7 nitrogen and oxygen atoms in total. The number of benzene rings is 2. The van der Waals surface area contributed by atoms with E-state index in [1.165, 1.54) is 5.56 Å². The predicted molar refractivity (Wildman–Crippen MR) is 120 cm³/mol. The normalized spacial score (nSPS) is 22.9. The number of hydrogen-bond donors (Lipinski definition) is 0. The van der Waals surface area contributed by atoms with Crippen LogP contribution in [0.15, 0.2) is 54.6 Å². The minimum Gasteiger partial charge on any atom is -0.342 e. The molecule has 3 aromatic rings. The second kappa shape index (κ2) is 8.77. The molecule has 0 saturated carbocycles. The first-order chi connectivity index (χ1) is 14.6. The zero-order valence-corrected chi connectivity index (χ0v) is 18.6. The van der Waals surface area contributed by atoms with Gasteiger partial charge in [-0.25, -0.2) is 0 Å². The number of aryl methyl sites for hydroxylation is 1. The maximum atomic E-state index is 13.0. The molecule has 0 N–H and O–H groups in total. The van der Waals surface area contributed by atoms with Crippen LogP contribution in [0, 0.1) is 18.8 Å². The molecule has 0 bridgehead atoms. The lowest BCUT2D eigenvalue weighted by Gasteiger charge is -2.27. The van der Waals surface area contributed by atoms with Gasteiger partial charge in [0.1, 0.15) is 0 Å². The highest BCUT2D eigenvalue weighted by atomic mass is 35.5. The van der Waals surface area contributed by atoms with Crippen molar-refractivity contribution in [1.29, 1.82) is 0 Å². The molecule has 2 aliphatic rings. The SMILES string of the molecule is Cc1nnnn1-c1ccc(CC(=O)N2C[C@@H]3CN(C)[C@@H](c4ccccc4)[C@@H]3C2)cc1.Cl. The van der Waals surface area contributed by atoms with Crippen molar-refractivity contribution in [1.82, 2.24) is 30.0 Å². The molecule has 1 aromatic heterocycles. The summed E-state index contributed by atoms with van der Waals surface area (Å²) < 4.78 is 1.69. The van der Waals surface area contributed by atoms with Gasteiger partial charge in [-0.15, -0.1) is 17.5 Å². The van der Waals surface area contributed by atoms with Gasteiger partial charge in [0.2, 0.25) is 5.91 Å². The van der Waals surface area contributed by atoms with Crippen LogP contribution in [0.3, 0.4) is 0 Å². The van der Waals surface area contributed by atoms with Crippen LogP contribution in [0.4, 0.5) is 0 Å². The first-order valence-electron chi connectivity index (χ1n) is 10.5. The topological polar surface area (TPSA) is 67.2 Å². The summed E-state index contributed by atoms with van der Waals surface area (Å²) in [6.45, 7) is 4.62. The molecule has 3 atom stereocenters. The lowest BCUT2D eigenvalue weighted by atomic mass is 9.90.